The molecule has 1 amide bonds. The van der Waals surface area contributed by atoms with E-state index in [2.05, 4.69) is 5.32 Å². The number of carbonyl (C=O) groups is 1. The molecule has 0 fully saturated rings. The van der Waals surface area contributed by atoms with Crippen LogP contribution in [0.4, 0.5) is 5.69 Å². The zero-order valence-electron chi connectivity index (χ0n) is 11.7. The van der Waals surface area contributed by atoms with Gasteiger partial charge in [0.1, 0.15) is 5.75 Å². The quantitative estimate of drug-likeness (QED) is 0.890. The first-order chi connectivity index (χ1) is 10.1. The van der Waals surface area contributed by atoms with E-state index in [0.29, 0.717) is 16.5 Å². The number of rotatable bonds is 5. The largest absolute Gasteiger partial charge is 0.483 e. The molecule has 5 heteroatoms. The minimum Gasteiger partial charge on any atom is -0.483 e. The molecule has 2 aromatic carbocycles. The molecule has 2 aromatic rings. The van der Waals surface area contributed by atoms with Crippen molar-refractivity contribution in [3.05, 3.63) is 59.1 Å². The zero-order chi connectivity index (χ0) is 15.2. The van der Waals surface area contributed by atoms with E-state index in [1.165, 1.54) is 0 Å². The Bertz CT molecular complexity index is 612. The highest BCUT2D eigenvalue weighted by atomic mass is 35.5. The molecule has 0 aromatic heterocycles. The molecule has 110 valence electrons. The summed E-state index contributed by atoms with van der Waals surface area (Å²) in [6.45, 7) is 1.79. The summed E-state index contributed by atoms with van der Waals surface area (Å²) < 4.78 is 5.54. The Labute approximate surface area is 128 Å². The number of ether oxygens (including phenoxy) is 1. The molecular formula is C16H17ClN2O2. The van der Waals surface area contributed by atoms with E-state index in [0.717, 1.165) is 5.56 Å². The Morgan fingerprint density at radius 2 is 1.90 bits per heavy atom. The van der Waals surface area contributed by atoms with Crippen LogP contribution in [0.15, 0.2) is 48.5 Å². The van der Waals surface area contributed by atoms with Gasteiger partial charge in [0.2, 0.25) is 0 Å². The average molecular weight is 305 g/mol. The van der Waals surface area contributed by atoms with E-state index in [1.54, 1.807) is 30.3 Å². The van der Waals surface area contributed by atoms with Crippen LogP contribution in [0.25, 0.3) is 0 Å². The third kappa shape index (κ3) is 4.48. The van der Waals surface area contributed by atoms with Gasteiger partial charge in [-0.3, -0.25) is 4.79 Å². The lowest BCUT2D eigenvalue weighted by Crippen LogP contribution is -2.21. The Balaban J connectivity index is 1.94. The topological polar surface area (TPSA) is 64.3 Å². The summed E-state index contributed by atoms with van der Waals surface area (Å²) in [7, 11) is 0. The number of benzene rings is 2. The summed E-state index contributed by atoms with van der Waals surface area (Å²) in [6, 6.07) is 14.2. The van der Waals surface area contributed by atoms with Crippen molar-refractivity contribution in [2.45, 2.75) is 13.0 Å². The van der Waals surface area contributed by atoms with Gasteiger partial charge in [0.05, 0.1) is 0 Å². The Morgan fingerprint density at radius 1 is 1.24 bits per heavy atom. The summed E-state index contributed by atoms with van der Waals surface area (Å²) in [6.07, 6.45) is 0. The van der Waals surface area contributed by atoms with Gasteiger partial charge in [-0.15, -0.1) is 0 Å². The van der Waals surface area contributed by atoms with Gasteiger partial charge in [-0.2, -0.15) is 0 Å². The normalized spacial score (nSPS) is 11.8. The van der Waals surface area contributed by atoms with E-state index in [1.807, 2.05) is 25.1 Å². The van der Waals surface area contributed by atoms with Crippen molar-refractivity contribution in [1.29, 1.82) is 0 Å². The summed E-state index contributed by atoms with van der Waals surface area (Å²) >= 11 is 5.79. The van der Waals surface area contributed by atoms with E-state index < -0.39 is 0 Å². The molecular weight excluding hydrogens is 288 g/mol. The average Bonchev–Trinajstić information content (AvgIpc) is 2.48. The molecule has 0 aliphatic heterocycles. The van der Waals surface area contributed by atoms with Crippen LogP contribution < -0.4 is 15.8 Å². The first kappa shape index (κ1) is 15.4. The second-order valence-electron chi connectivity index (χ2n) is 4.67. The van der Waals surface area contributed by atoms with Crippen LogP contribution in [0.2, 0.25) is 5.02 Å². The van der Waals surface area contributed by atoms with Crippen LogP contribution >= 0.6 is 11.6 Å². The standard InChI is InChI=1S/C16H17ClN2O2/c1-11(18)14-4-2-3-5-15(14)21-10-16(20)19-13-8-6-12(17)7-9-13/h2-9,11H,10,18H2,1H3,(H,19,20)/t11-/m1/s1. The molecule has 0 heterocycles. The second kappa shape index (κ2) is 7.11. The summed E-state index contributed by atoms with van der Waals surface area (Å²) in [4.78, 5) is 11.9. The number of halogens is 1. The van der Waals surface area contributed by atoms with Gasteiger partial charge in [-0.05, 0) is 37.3 Å². The predicted octanol–water partition coefficient (Wildman–Crippen LogP) is 3.38. The van der Waals surface area contributed by atoms with Crippen molar-refractivity contribution in [3.8, 4) is 5.75 Å². The van der Waals surface area contributed by atoms with Crippen LogP contribution in [0.1, 0.15) is 18.5 Å². The SMILES string of the molecule is C[C@@H](N)c1ccccc1OCC(=O)Nc1ccc(Cl)cc1. The van der Waals surface area contributed by atoms with Crippen molar-refractivity contribution in [1.82, 2.24) is 0 Å². The molecule has 0 unspecified atom stereocenters. The van der Waals surface area contributed by atoms with Crippen LogP contribution in [-0.4, -0.2) is 12.5 Å². The van der Waals surface area contributed by atoms with Gasteiger partial charge in [0.25, 0.3) is 5.91 Å². The number of hydrogen-bond acceptors (Lipinski definition) is 3. The van der Waals surface area contributed by atoms with Gasteiger partial charge in [0.15, 0.2) is 6.61 Å². The maximum atomic E-state index is 11.9. The maximum absolute atomic E-state index is 11.9. The highest BCUT2D eigenvalue weighted by Crippen LogP contribution is 2.23. The van der Waals surface area contributed by atoms with Gasteiger partial charge in [-0.25, -0.2) is 0 Å². The van der Waals surface area contributed by atoms with Gasteiger partial charge >= 0.3 is 0 Å². The monoisotopic (exact) mass is 304 g/mol. The van der Waals surface area contributed by atoms with E-state index >= 15 is 0 Å². The molecule has 3 N–H and O–H groups in total. The molecule has 0 spiro atoms. The smallest absolute Gasteiger partial charge is 0.262 e. The first-order valence-electron chi connectivity index (χ1n) is 6.59. The highest BCUT2D eigenvalue weighted by Gasteiger charge is 2.09. The van der Waals surface area contributed by atoms with Crippen LogP contribution in [0.5, 0.6) is 5.75 Å². The predicted molar refractivity (Wildman–Crippen MR) is 84.6 cm³/mol. The molecule has 0 aliphatic rings. The Hall–Kier alpha value is -2.04. The fraction of sp³-hybridized carbons (Fsp3) is 0.188. The number of hydrogen-bond donors (Lipinski definition) is 2. The number of para-hydroxylation sites is 1. The highest BCUT2D eigenvalue weighted by molar-refractivity contribution is 6.30. The van der Waals surface area contributed by atoms with Crippen LogP contribution in [-0.2, 0) is 4.79 Å². The van der Waals surface area contributed by atoms with Crippen molar-refractivity contribution < 1.29 is 9.53 Å². The molecule has 4 nitrogen and oxygen atoms in total. The molecule has 0 radical (unpaired) electrons. The fourth-order valence-electron chi connectivity index (χ4n) is 1.86. The number of nitrogens with two attached hydrogens (primary N) is 1. The lowest BCUT2D eigenvalue weighted by molar-refractivity contribution is -0.118. The Kier molecular flexibility index (Phi) is 5.20. The van der Waals surface area contributed by atoms with Crippen molar-refractivity contribution in [2.24, 2.45) is 5.73 Å². The number of anilines is 1. The lowest BCUT2D eigenvalue weighted by atomic mass is 10.1. The van der Waals surface area contributed by atoms with Gasteiger partial charge < -0.3 is 15.8 Å². The third-order valence-corrected chi connectivity index (χ3v) is 3.15. The van der Waals surface area contributed by atoms with Crippen LogP contribution in [0, 0.1) is 0 Å². The zero-order valence-corrected chi connectivity index (χ0v) is 12.4. The molecule has 0 saturated carbocycles. The summed E-state index contributed by atoms with van der Waals surface area (Å²) in [5, 5.41) is 3.35. The minimum absolute atomic E-state index is 0.0770. The molecule has 0 saturated heterocycles. The minimum atomic E-state index is -0.239. The third-order valence-electron chi connectivity index (χ3n) is 2.90. The number of nitrogens with one attached hydrogen (secondary N) is 1. The van der Waals surface area contributed by atoms with Gasteiger partial charge in [0, 0.05) is 22.3 Å². The van der Waals surface area contributed by atoms with Crippen LogP contribution in [0.3, 0.4) is 0 Å². The van der Waals surface area contributed by atoms with E-state index in [-0.39, 0.29) is 18.6 Å². The molecule has 2 rings (SSSR count). The maximum Gasteiger partial charge on any atom is 0.262 e. The van der Waals surface area contributed by atoms with E-state index in [9.17, 15) is 4.79 Å². The second-order valence-corrected chi connectivity index (χ2v) is 5.11. The van der Waals surface area contributed by atoms with E-state index in [4.69, 9.17) is 22.1 Å². The summed E-state index contributed by atoms with van der Waals surface area (Å²) in [5.41, 5.74) is 7.41. The molecule has 0 aliphatic carbocycles. The Morgan fingerprint density at radius 3 is 2.57 bits per heavy atom. The lowest BCUT2D eigenvalue weighted by Gasteiger charge is -2.13. The fourth-order valence-corrected chi connectivity index (χ4v) is 1.99. The number of amides is 1. The first-order valence-corrected chi connectivity index (χ1v) is 6.97. The van der Waals surface area contributed by atoms with Crippen molar-refractivity contribution in [3.63, 3.8) is 0 Å². The van der Waals surface area contributed by atoms with Crippen molar-refractivity contribution in [2.75, 3.05) is 11.9 Å². The molecule has 0 bridgehead atoms. The number of carbonyl (C=O) groups excluding carboxylic acids is 1. The van der Waals surface area contributed by atoms with Crippen molar-refractivity contribution >= 4 is 23.2 Å². The summed E-state index contributed by atoms with van der Waals surface area (Å²) in [5.74, 6) is 0.385. The molecule has 1 atom stereocenters. The van der Waals surface area contributed by atoms with Gasteiger partial charge in [-0.1, -0.05) is 29.8 Å². The molecule has 21 heavy (non-hydrogen) atoms.